The SMILES string of the molecule is CCNC(=O)COc1ccc([C@H](C)O)c(F)c1. The van der Waals surface area contributed by atoms with E-state index in [0.29, 0.717) is 6.54 Å². The Labute approximate surface area is 99.4 Å². The number of ether oxygens (including phenoxy) is 1. The van der Waals surface area contributed by atoms with Gasteiger partial charge in [0, 0.05) is 18.2 Å². The Kier molecular flexibility index (Phi) is 4.90. The van der Waals surface area contributed by atoms with E-state index in [1.54, 1.807) is 6.92 Å². The van der Waals surface area contributed by atoms with E-state index < -0.39 is 11.9 Å². The Balaban J connectivity index is 2.62. The lowest BCUT2D eigenvalue weighted by Gasteiger charge is -2.09. The lowest BCUT2D eigenvalue weighted by Crippen LogP contribution is -2.28. The molecule has 0 radical (unpaired) electrons. The average Bonchev–Trinajstić information content (AvgIpc) is 2.26. The third kappa shape index (κ3) is 4.03. The fourth-order valence-corrected chi connectivity index (χ4v) is 1.33. The van der Waals surface area contributed by atoms with Crippen LogP contribution in [0.1, 0.15) is 25.5 Å². The normalized spacial score (nSPS) is 12.0. The molecule has 94 valence electrons. The molecule has 0 bridgehead atoms. The monoisotopic (exact) mass is 241 g/mol. The number of nitrogens with one attached hydrogen (secondary N) is 1. The van der Waals surface area contributed by atoms with Gasteiger partial charge in [-0.15, -0.1) is 0 Å². The van der Waals surface area contributed by atoms with Crippen molar-refractivity contribution in [2.24, 2.45) is 0 Å². The zero-order valence-electron chi connectivity index (χ0n) is 9.87. The van der Waals surface area contributed by atoms with Crippen LogP contribution in [0.2, 0.25) is 0 Å². The molecule has 0 saturated heterocycles. The summed E-state index contributed by atoms with van der Waals surface area (Å²) in [5, 5.41) is 11.8. The Bertz CT molecular complexity index is 393. The van der Waals surface area contributed by atoms with Crippen LogP contribution in [0, 0.1) is 5.82 Å². The van der Waals surface area contributed by atoms with Gasteiger partial charge in [-0.25, -0.2) is 4.39 Å². The molecule has 0 heterocycles. The maximum Gasteiger partial charge on any atom is 0.257 e. The van der Waals surface area contributed by atoms with Crippen molar-refractivity contribution >= 4 is 5.91 Å². The number of rotatable bonds is 5. The highest BCUT2D eigenvalue weighted by molar-refractivity contribution is 5.77. The summed E-state index contributed by atoms with van der Waals surface area (Å²) in [5.41, 5.74) is 0.204. The molecule has 5 heteroatoms. The van der Waals surface area contributed by atoms with Crippen LogP contribution in [-0.4, -0.2) is 24.2 Å². The van der Waals surface area contributed by atoms with Gasteiger partial charge in [-0.3, -0.25) is 4.79 Å². The van der Waals surface area contributed by atoms with Gasteiger partial charge in [0.25, 0.3) is 5.91 Å². The number of likely N-dealkylation sites (N-methyl/N-ethyl adjacent to an activating group) is 1. The van der Waals surface area contributed by atoms with Gasteiger partial charge in [-0.2, -0.15) is 0 Å². The van der Waals surface area contributed by atoms with Crippen LogP contribution in [0.15, 0.2) is 18.2 Å². The van der Waals surface area contributed by atoms with Crippen LogP contribution in [-0.2, 0) is 4.79 Å². The molecule has 1 aromatic rings. The molecule has 0 unspecified atom stereocenters. The van der Waals surface area contributed by atoms with Gasteiger partial charge >= 0.3 is 0 Å². The van der Waals surface area contributed by atoms with E-state index in [1.165, 1.54) is 19.1 Å². The number of hydrogen-bond acceptors (Lipinski definition) is 3. The predicted molar refractivity (Wildman–Crippen MR) is 61.2 cm³/mol. The number of aliphatic hydroxyl groups is 1. The molecule has 1 rings (SSSR count). The van der Waals surface area contributed by atoms with Gasteiger partial charge < -0.3 is 15.2 Å². The van der Waals surface area contributed by atoms with E-state index in [2.05, 4.69) is 5.32 Å². The molecular weight excluding hydrogens is 225 g/mol. The van der Waals surface area contributed by atoms with Gasteiger partial charge in [-0.1, -0.05) is 0 Å². The topological polar surface area (TPSA) is 58.6 Å². The minimum atomic E-state index is -0.868. The van der Waals surface area contributed by atoms with Crippen molar-refractivity contribution < 1.29 is 19.0 Å². The molecule has 4 nitrogen and oxygen atoms in total. The highest BCUT2D eigenvalue weighted by atomic mass is 19.1. The molecule has 17 heavy (non-hydrogen) atoms. The number of halogens is 1. The summed E-state index contributed by atoms with van der Waals surface area (Å²) in [7, 11) is 0. The van der Waals surface area contributed by atoms with Crippen LogP contribution >= 0.6 is 0 Å². The van der Waals surface area contributed by atoms with Crippen molar-refractivity contribution in [2.45, 2.75) is 20.0 Å². The van der Waals surface area contributed by atoms with E-state index in [0.717, 1.165) is 6.07 Å². The largest absolute Gasteiger partial charge is 0.484 e. The Morgan fingerprint density at radius 1 is 1.59 bits per heavy atom. The Morgan fingerprint density at radius 2 is 2.29 bits per heavy atom. The minimum absolute atomic E-state index is 0.151. The van der Waals surface area contributed by atoms with E-state index >= 15 is 0 Å². The second-order valence-electron chi connectivity index (χ2n) is 3.60. The first-order valence-electron chi connectivity index (χ1n) is 5.41. The summed E-state index contributed by atoms with van der Waals surface area (Å²) in [6, 6.07) is 4.11. The molecule has 1 amide bonds. The van der Waals surface area contributed by atoms with Gasteiger partial charge in [0.1, 0.15) is 11.6 Å². The van der Waals surface area contributed by atoms with E-state index in [1.807, 2.05) is 0 Å². The summed E-state index contributed by atoms with van der Waals surface area (Å²) in [6.07, 6.45) is -0.868. The molecule has 0 saturated carbocycles. The third-order valence-corrected chi connectivity index (χ3v) is 2.17. The molecule has 1 atom stereocenters. The summed E-state index contributed by atoms with van der Waals surface area (Å²) >= 11 is 0. The molecule has 0 aliphatic rings. The van der Waals surface area contributed by atoms with Crippen LogP contribution in [0.5, 0.6) is 5.75 Å². The van der Waals surface area contributed by atoms with Crippen molar-refractivity contribution in [1.29, 1.82) is 0 Å². The van der Waals surface area contributed by atoms with Crippen LogP contribution in [0.4, 0.5) is 4.39 Å². The third-order valence-electron chi connectivity index (χ3n) is 2.17. The molecule has 0 aliphatic heterocycles. The van der Waals surface area contributed by atoms with E-state index in [4.69, 9.17) is 4.74 Å². The molecule has 0 fully saturated rings. The molecule has 0 aliphatic carbocycles. The standard InChI is InChI=1S/C12H16FNO3/c1-3-14-12(16)7-17-9-4-5-10(8(2)15)11(13)6-9/h4-6,8,15H,3,7H2,1-2H3,(H,14,16)/t8-/m0/s1. The zero-order valence-corrected chi connectivity index (χ0v) is 9.87. The second kappa shape index (κ2) is 6.20. The molecule has 1 aromatic carbocycles. The maximum absolute atomic E-state index is 13.4. The predicted octanol–water partition coefficient (Wildman–Crippen LogP) is 1.39. The lowest BCUT2D eigenvalue weighted by atomic mass is 10.1. The van der Waals surface area contributed by atoms with Crippen molar-refractivity contribution in [3.8, 4) is 5.75 Å². The maximum atomic E-state index is 13.4. The molecule has 0 spiro atoms. The molecule has 2 N–H and O–H groups in total. The van der Waals surface area contributed by atoms with Crippen molar-refractivity contribution in [3.05, 3.63) is 29.6 Å². The summed E-state index contributed by atoms with van der Waals surface area (Å²) < 4.78 is 18.5. The van der Waals surface area contributed by atoms with E-state index in [9.17, 15) is 14.3 Å². The number of hydrogen-bond donors (Lipinski definition) is 2. The zero-order chi connectivity index (χ0) is 12.8. The average molecular weight is 241 g/mol. The van der Waals surface area contributed by atoms with E-state index in [-0.39, 0.29) is 23.8 Å². The highest BCUT2D eigenvalue weighted by Gasteiger charge is 2.09. The minimum Gasteiger partial charge on any atom is -0.484 e. The Morgan fingerprint density at radius 3 is 2.82 bits per heavy atom. The van der Waals surface area contributed by atoms with Gasteiger partial charge in [0.2, 0.25) is 0 Å². The van der Waals surface area contributed by atoms with Gasteiger partial charge in [0.05, 0.1) is 6.10 Å². The van der Waals surface area contributed by atoms with Crippen LogP contribution in [0.25, 0.3) is 0 Å². The van der Waals surface area contributed by atoms with Crippen molar-refractivity contribution in [2.75, 3.05) is 13.2 Å². The smallest absolute Gasteiger partial charge is 0.257 e. The number of carbonyl (C=O) groups excluding carboxylic acids is 1. The fourth-order valence-electron chi connectivity index (χ4n) is 1.33. The Hall–Kier alpha value is -1.62. The summed E-state index contributed by atoms with van der Waals surface area (Å²) in [5.74, 6) is -0.543. The fraction of sp³-hybridized carbons (Fsp3) is 0.417. The number of amides is 1. The number of aliphatic hydroxyl groups excluding tert-OH is 1. The van der Waals surface area contributed by atoms with Gasteiger partial charge in [0.15, 0.2) is 6.61 Å². The summed E-state index contributed by atoms with van der Waals surface area (Å²) in [6.45, 7) is 3.65. The lowest BCUT2D eigenvalue weighted by molar-refractivity contribution is -0.122. The molecule has 0 aromatic heterocycles. The van der Waals surface area contributed by atoms with Crippen LogP contribution < -0.4 is 10.1 Å². The summed E-state index contributed by atoms with van der Waals surface area (Å²) in [4.78, 5) is 11.1. The number of benzene rings is 1. The first-order chi connectivity index (χ1) is 8.04. The second-order valence-corrected chi connectivity index (χ2v) is 3.60. The van der Waals surface area contributed by atoms with Gasteiger partial charge in [-0.05, 0) is 26.0 Å². The first kappa shape index (κ1) is 13.4. The highest BCUT2D eigenvalue weighted by Crippen LogP contribution is 2.21. The van der Waals surface area contributed by atoms with Crippen molar-refractivity contribution in [3.63, 3.8) is 0 Å². The van der Waals surface area contributed by atoms with Crippen molar-refractivity contribution in [1.82, 2.24) is 5.32 Å². The quantitative estimate of drug-likeness (QED) is 0.819. The number of carbonyl (C=O) groups is 1. The van der Waals surface area contributed by atoms with Crippen LogP contribution in [0.3, 0.4) is 0 Å². The molecular formula is C12H16FNO3. The first-order valence-corrected chi connectivity index (χ1v) is 5.41.